The van der Waals surface area contributed by atoms with Gasteiger partial charge in [-0.05, 0) is 43.2 Å². The van der Waals surface area contributed by atoms with Crippen LogP contribution in [0, 0.1) is 0 Å². The van der Waals surface area contributed by atoms with Crippen molar-refractivity contribution in [3.05, 3.63) is 48.3 Å². The van der Waals surface area contributed by atoms with E-state index in [0.717, 1.165) is 34.5 Å². The molecule has 0 atom stereocenters. The number of nitrogens with zero attached hydrogens (tertiary/aromatic N) is 2. The molecule has 5 nitrogen and oxygen atoms in total. The molecule has 0 aliphatic rings. The predicted octanol–water partition coefficient (Wildman–Crippen LogP) is 3.66. The molecule has 118 valence electrons. The maximum atomic E-state index is 12.0. The van der Waals surface area contributed by atoms with Crippen LogP contribution in [0.3, 0.4) is 0 Å². The normalized spacial score (nSPS) is 10.7. The zero-order valence-electron chi connectivity index (χ0n) is 12.8. The zero-order valence-corrected chi connectivity index (χ0v) is 13.6. The first-order valence-electron chi connectivity index (χ1n) is 7.39. The smallest absolute Gasteiger partial charge is 0.226 e. The SMILES string of the molecule is COc1ccc2nc(NC(=O)CCCc3ccccn3)sc2c1. The van der Waals surface area contributed by atoms with E-state index in [1.54, 1.807) is 13.3 Å². The van der Waals surface area contributed by atoms with Gasteiger partial charge in [0.25, 0.3) is 0 Å². The summed E-state index contributed by atoms with van der Waals surface area (Å²) in [5.74, 6) is 0.765. The van der Waals surface area contributed by atoms with Gasteiger partial charge in [-0.1, -0.05) is 17.4 Å². The van der Waals surface area contributed by atoms with Gasteiger partial charge in [-0.3, -0.25) is 9.78 Å². The predicted molar refractivity (Wildman–Crippen MR) is 92.0 cm³/mol. The zero-order chi connectivity index (χ0) is 16.1. The number of rotatable bonds is 6. The molecule has 0 saturated carbocycles. The van der Waals surface area contributed by atoms with Crippen LogP contribution in [-0.2, 0) is 11.2 Å². The molecule has 0 aliphatic carbocycles. The van der Waals surface area contributed by atoms with Gasteiger partial charge < -0.3 is 10.1 Å². The number of ether oxygens (including phenoxy) is 1. The van der Waals surface area contributed by atoms with E-state index in [-0.39, 0.29) is 5.91 Å². The number of hydrogen-bond acceptors (Lipinski definition) is 5. The lowest BCUT2D eigenvalue weighted by Gasteiger charge is -2.01. The number of nitrogens with one attached hydrogen (secondary N) is 1. The molecule has 0 saturated heterocycles. The van der Waals surface area contributed by atoms with Gasteiger partial charge in [0.05, 0.1) is 17.3 Å². The number of amides is 1. The Bertz CT molecular complexity index is 802. The summed E-state index contributed by atoms with van der Waals surface area (Å²) in [4.78, 5) is 20.7. The lowest BCUT2D eigenvalue weighted by molar-refractivity contribution is -0.116. The largest absolute Gasteiger partial charge is 0.497 e. The Hall–Kier alpha value is -2.47. The molecule has 3 rings (SSSR count). The van der Waals surface area contributed by atoms with Crippen LogP contribution in [0.5, 0.6) is 5.75 Å². The third-order valence-electron chi connectivity index (χ3n) is 3.40. The van der Waals surface area contributed by atoms with Crippen molar-refractivity contribution in [2.75, 3.05) is 12.4 Å². The lowest BCUT2D eigenvalue weighted by atomic mass is 10.2. The fourth-order valence-electron chi connectivity index (χ4n) is 2.24. The summed E-state index contributed by atoms with van der Waals surface area (Å²) >= 11 is 1.45. The standard InChI is InChI=1S/C17H17N3O2S/c1-22-13-8-9-14-15(11-13)23-17(19-14)20-16(21)7-4-6-12-5-2-3-10-18-12/h2-3,5,8-11H,4,6-7H2,1H3,(H,19,20,21). The van der Waals surface area contributed by atoms with Crippen LogP contribution >= 0.6 is 11.3 Å². The molecule has 2 aromatic heterocycles. The number of carbonyl (C=O) groups is 1. The molecule has 0 radical (unpaired) electrons. The van der Waals surface area contributed by atoms with E-state index in [2.05, 4.69) is 15.3 Å². The molecule has 3 aromatic rings. The van der Waals surface area contributed by atoms with Crippen LogP contribution in [0.1, 0.15) is 18.5 Å². The molecule has 0 unspecified atom stereocenters. The molecule has 1 aromatic carbocycles. The molecule has 1 N–H and O–H groups in total. The Balaban J connectivity index is 1.55. The molecule has 6 heteroatoms. The van der Waals surface area contributed by atoms with Gasteiger partial charge >= 0.3 is 0 Å². The van der Waals surface area contributed by atoms with Gasteiger partial charge in [0, 0.05) is 18.3 Å². The molecular weight excluding hydrogens is 310 g/mol. The quantitative estimate of drug-likeness (QED) is 0.750. The van der Waals surface area contributed by atoms with E-state index < -0.39 is 0 Å². The van der Waals surface area contributed by atoms with Crippen molar-refractivity contribution in [1.82, 2.24) is 9.97 Å². The first-order valence-corrected chi connectivity index (χ1v) is 8.20. The summed E-state index contributed by atoms with van der Waals surface area (Å²) in [5.41, 5.74) is 1.87. The first-order chi connectivity index (χ1) is 11.2. The Kier molecular flexibility index (Phi) is 4.83. The molecule has 0 spiro atoms. The summed E-state index contributed by atoms with van der Waals surface area (Å²) in [7, 11) is 1.63. The second-order valence-corrected chi connectivity index (χ2v) is 6.11. The van der Waals surface area contributed by atoms with Crippen LogP contribution in [0.2, 0.25) is 0 Å². The molecular formula is C17H17N3O2S. The van der Waals surface area contributed by atoms with E-state index in [0.29, 0.717) is 11.6 Å². The van der Waals surface area contributed by atoms with Crippen molar-refractivity contribution < 1.29 is 9.53 Å². The molecule has 23 heavy (non-hydrogen) atoms. The topological polar surface area (TPSA) is 64.1 Å². The highest BCUT2D eigenvalue weighted by Crippen LogP contribution is 2.29. The van der Waals surface area contributed by atoms with E-state index in [1.807, 2.05) is 36.4 Å². The Morgan fingerprint density at radius 1 is 1.30 bits per heavy atom. The summed E-state index contributed by atoms with van der Waals surface area (Å²) in [6.45, 7) is 0. The monoisotopic (exact) mass is 327 g/mol. The fourth-order valence-corrected chi connectivity index (χ4v) is 3.15. The van der Waals surface area contributed by atoms with Gasteiger partial charge in [0.15, 0.2) is 5.13 Å². The third kappa shape index (κ3) is 4.04. The minimum absolute atomic E-state index is 0.0213. The second kappa shape index (κ2) is 7.19. The van der Waals surface area contributed by atoms with Crippen molar-refractivity contribution >= 4 is 32.6 Å². The fraction of sp³-hybridized carbons (Fsp3) is 0.235. The van der Waals surface area contributed by atoms with Gasteiger partial charge in [0.1, 0.15) is 5.75 Å². The molecule has 0 fully saturated rings. The minimum atomic E-state index is -0.0213. The number of thiazole rings is 1. The van der Waals surface area contributed by atoms with Crippen LogP contribution < -0.4 is 10.1 Å². The van der Waals surface area contributed by atoms with Gasteiger partial charge in [-0.2, -0.15) is 0 Å². The molecule has 1 amide bonds. The van der Waals surface area contributed by atoms with Gasteiger partial charge in [0.2, 0.25) is 5.91 Å². The number of benzene rings is 1. The first kappa shape index (κ1) is 15.4. The lowest BCUT2D eigenvalue weighted by Crippen LogP contribution is -2.11. The third-order valence-corrected chi connectivity index (χ3v) is 4.34. The Morgan fingerprint density at radius 3 is 3.00 bits per heavy atom. The molecule has 0 aliphatic heterocycles. The van der Waals surface area contributed by atoms with Crippen LogP contribution in [0.4, 0.5) is 5.13 Å². The van der Waals surface area contributed by atoms with E-state index in [1.165, 1.54) is 11.3 Å². The maximum absolute atomic E-state index is 12.0. The van der Waals surface area contributed by atoms with Gasteiger partial charge in [-0.25, -0.2) is 4.98 Å². The summed E-state index contributed by atoms with van der Waals surface area (Å²) in [6, 6.07) is 11.5. The number of hydrogen-bond donors (Lipinski definition) is 1. The number of aromatic nitrogens is 2. The maximum Gasteiger partial charge on any atom is 0.226 e. The average molecular weight is 327 g/mol. The van der Waals surface area contributed by atoms with Crippen molar-refractivity contribution in [2.24, 2.45) is 0 Å². The highest BCUT2D eigenvalue weighted by Gasteiger charge is 2.08. The number of fused-ring (bicyclic) bond motifs is 1. The average Bonchev–Trinajstić information content (AvgIpc) is 2.96. The molecule has 0 bridgehead atoms. The van der Waals surface area contributed by atoms with Crippen molar-refractivity contribution in [1.29, 1.82) is 0 Å². The minimum Gasteiger partial charge on any atom is -0.497 e. The molecule has 2 heterocycles. The highest BCUT2D eigenvalue weighted by atomic mass is 32.1. The second-order valence-electron chi connectivity index (χ2n) is 5.08. The van der Waals surface area contributed by atoms with Crippen LogP contribution in [-0.4, -0.2) is 23.0 Å². The Morgan fingerprint density at radius 2 is 2.22 bits per heavy atom. The number of anilines is 1. The highest BCUT2D eigenvalue weighted by molar-refractivity contribution is 7.22. The summed E-state index contributed by atoms with van der Waals surface area (Å²) in [6.07, 6.45) is 3.79. The van der Waals surface area contributed by atoms with Crippen molar-refractivity contribution in [2.45, 2.75) is 19.3 Å². The number of aryl methyl sites for hydroxylation is 1. The van der Waals surface area contributed by atoms with Gasteiger partial charge in [-0.15, -0.1) is 0 Å². The number of pyridine rings is 1. The number of carbonyl (C=O) groups excluding carboxylic acids is 1. The van der Waals surface area contributed by atoms with E-state index >= 15 is 0 Å². The van der Waals surface area contributed by atoms with E-state index in [9.17, 15) is 4.79 Å². The summed E-state index contributed by atoms with van der Waals surface area (Å²) in [5, 5.41) is 3.48. The number of methoxy groups -OCH3 is 1. The van der Waals surface area contributed by atoms with Crippen LogP contribution in [0.25, 0.3) is 10.2 Å². The van der Waals surface area contributed by atoms with E-state index in [4.69, 9.17) is 4.74 Å². The summed E-state index contributed by atoms with van der Waals surface area (Å²) < 4.78 is 6.19. The van der Waals surface area contributed by atoms with Crippen LogP contribution in [0.15, 0.2) is 42.6 Å². The Labute approximate surface area is 138 Å². The van der Waals surface area contributed by atoms with Crippen molar-refractivity contribution in [3.63, 3.8) is 0 Å². The van der Waals surface area contributed by atoms with Crippen molar-refractivity contribution in [3.8, 4) is 5.75 Å².